The summed E-state index contributed by atoms with van der Waals surface area (Å²) in [7, 11) is 4.05. The monoisotopic (exact) mass is 542 g/mol. The number of carbonyl (C=O) groups is 1. The quantitative estimate of drug-likeness (QED) is 0.224. The van der Waals surface area contributed by atoms with Crippen molar-refractivity contribution in [1.29, 1.82) is 0 Å². The summed E-state index contributed by atoms with van der Waals surface area (Å²) in [5, 5.41) is 0.118. The molecule has 37 heavy (non-hydrogen) atoms. The lowest BCUT2D eigenvalue weighted by Gasteiger charge is -2.25. The molecular formula is C23H20N5O7S2-. The van der Waals surface area contributed by atoms with Gasteiger partial charge < -0.3 is 23.5 Å². The number of anilines is 2. The van der Waals surface area contributed by atoms with E-state index in [9.17, 15) is 13.6 Å². The highest BCUT2D eigenvalue weighted by Crippen LogP contribution is 2.45. The highest BCUT2D eigenvalue weighted by molar-refractivity contribution is 7.81. The maximum absolute atomic E-state index is 12.5. The molecule has 0 aliphatic carbocycles. The van der Waals surface area contributed by atoms with E-state index in [-0.39, 0.29) is 39.8 Å². The van der Waals surface area contributed by atoms with Crippen LogP contribution in [0.4, 0.5) is 10.9 Å². The molecule has 1 atom stereocenters. The SMILES string of the molecule is COC(=O)c1cc(-c2nc(OC)c(Oc3ccccc3OC)c(N(c3ncc(C)s3)S(=O)[O-])n2)ccn1. The van der Waals surface area contributed by atoms with E-state index in [0.29, 0.717) is 11.3 Å². The fourth-order valence-electron chi connectivity index (χ4n) is 3.17. The minimum Gasteiger partial charge on any atom is -0.755 e. The number of hydrogen-bond acceptors (Lipinski definition) is 12. The molecule has 192 valence electrons. The van der Waals surface area contributed by atoms with Crippen LogP contribution in [0.5, 0.6) is 23.1 Å². The molecule has 12 nitrogen and oxygen atoms in total. The van der Waals surface area contributed by atoms with E-state index in [2.05, 4.69) is 19.9 Å². The molecule has 0 saturated carbocycles. The lowest BCUT2D eigenvalue weighted by molar-refractivity contribution is 0.0594. The molecule has 4 rings (SSSR count). The minimum atomic E-state index is -2.87. The van der Waals surface area contributed by atoms with Crippen molar-refractivity contribution >= 4 is 39.5 Å². The smallest absolute Gasteiger partial charge is 0.356 e. The number of carbonyl (C=O) groups excluding carboxylic acids is 1. The van der Waals surface area contributed by atoms with E-state index in [1.54, 1.807) is 37.3 Å². The molecule has 0 N–H and O–H groups in total. The molecule has 0 bridgehead atoms. The van der Waals surface area contributed by atoms with Crippen LogP contribution in [0.25, 0.3) is 11.4 Å². The Morgan fingerprint density at radius 2 is 1.81 bits per heavy atom. The summed E-state index contributed by atoms with van der Waals surface area (Å²) in [4.78, 5) is 29.9. The zero-order valence-corrected chi connectivity index (χ0v) is 21.7. The number of hydrogen-bond donors (Lipinski definition) is 0. The molecular weight excluding hydrogens is 522 g/mol. The lowest BCUT2D eigenvalue weighted by atomic mass is 10.2. The summed E-state index contributed by atoms with van der Waals surface area (Å²) in [5.74, 6) is -0.324. The zero-order chi connectivity index (χ0) is 26.5. The predicted octanol–water partition coefficient (Wildman–Crippen LogP) is 3.83. The Balaban J connectivity index is 1.97. The van der Waals surface area contributed by atoms with Crippen LogP contribution in [0.1, 0.15) is 15.4 Å². The molecule has 0 spiro atoms. The van der Waals surface area contributed by atoms with E-state index in [1.165, 1.54) is 39.8 Å². The minimum absolute atomic E-state index is 0.0123. The fraction of sp³-hybridized carbons (Fsp3) is 0.174. The van der Waals surface area contributed by atoms with Gasteiger partial charge in [0.25, 0.3) is 5.88 Å². The van der Waals surface area contributed by atoms with Crippen LogP contribution in [0.2, 0.25) is 0 Å². The predicted molar refractivity (Wildman–Crippen MR) is 134 cm³/mol. The fourth-order valence-corrected chi connectivity index (χ4v) is 4.58. The molecule has 0 aliphatic heterocycles. The van der Waals surface area contributed by atoms with Gasteiger partial charge in [-0.2, -0.15) is 4.98 Å². The average molecular weight is 543 g/mol. The second-order valence-corrected chi connectivity index (χ2v) is 9.16. The third-order valence-corrected chi connectivity index (χ3v) is 6.49. The molecule has 0 radical (unpaired) electrons. The summed E-state index contributed by atoms with van der Waals surface area (Å²) in [6.45, 7) is 1.79. The summed E-state index contributed by atoms with van der Waals surface area (Å²) in [6, 6.07) is 9.75. The number of rotatable bonds is 9. The second kappa shape index (κ2) is 11.3. The van der Waals surface area contributed by atoms with Crippen LogP contribution < -0.4 is 18.5 Å². The third kappa shape index (κ3) is 5.50. The number of para-hydroxylation sites is 2. The molecule has 0 fully saturated rings. The van der Waals surface area contributed by atoms with Crippen molar-refractivity contribution in [1.82, 2.24) is 19.9 Å². The van der Waals surface area contributed by atoms with E-state index in [4.69, 9.17) is 18.9 Å². The molecule has 4 aromatic rings. The number of methoxy groups -OCH3 is 3. The number of nitrogens with zero attached hydrogens (tertiary/aromatic N) is 5. The van der Waals surface area contributed by atoms with E-state index in [0.717, 1.165) is 20.5 Å². The lowest BCUT2D eigenvalue weighted by Crippen LogP contribution is -2.22. The number of pyridine rings is 1. The number of aryl methyl sites for hydroxylation is 1. The Morgan fingerprint density at radius 3 is 2.43 bits per heavy atom. The molecule has 0 saturated heterocycles. The number of esters is 1. The van der Waals surface area contributed by atoms with E-state index >= 15 is 0 Å². The first-order valence-corrected chi connectivity index (χ1v) is 12.3. The van der Waals surface area contributed by atoms with Crippen molar-refractivity contribution < 1.29 is 32.5 Å². The third-order valence-electron chi connectivity index (χ3n) is 4.83. The van der Waals surface area contributed by atoms with Gasteiger partial charge in [0.2, 0.25) is 10.9 Å². The summed E-state index contributed by atoms with van der Waals surface area (Å²) in [5.41, 5.74) is 0.365. The van der Waals surface area contributed by atoms with Crippen LogP contribution in [0.3, 0.4) is 0 Å². The van der Waals surface area contributed by atoms with Crippen molar-refractivity contribution in [3.05, 3.63) is 59.4 Å². The molecule has 0 amide bonds. The summed E-state index contributed by atoms with van der Waals surface area (Å²) in [6.07, 6.45) is 2.91. The number of thiazole rings is 1. The van der Waals surface area contributed by atoms with Crippen molar-refractivity contribution in [3.8, 4) is 34.5 Å². The van der Waals surface area contributed by atoms with Gasteiger partial charge in [-0.05, 0) is 31.2 Å². The molecule has 3 aromatic heterocycles. The highest BCUT2D eigenvalue weighted by atomic mass is 32.2. The number of ether oxygens (including phenoxy) is 4. The van der Waals surface area contributed by atoms with Crippen LogP contribution in [-0.2, 0) is 16.0 Å². The standard InChI is InChI=1S/C23H21N5O7S2/c1-13-12-25-23(36-13)28(37(30)31)20-18(35-17-8-6-5-7-16(17)32-2)21(33-3)27-19(26-20)14-9-10-24-15(11-14)22(29)34-4/h5-12H,1-4H3,(H,30,31)/p-1. The Kier molecular flexibility index (Phi) is 7.91. The highest BCUT2D eigenvalue weighted by Gasteiger charge is 2.28. The van der Waals surface area contributed by atoms with Gasteiger partial charge in [-0.15, -0.1) is 11.3 Å². The normalized spacial score (nSPS) is 11.5. The van der Waals surface area contributed by atoms with Gasteiger partial charge >= 0.3 is 5.97 Å². The first-order valence-electron chi connectivity index (χ1n) is 10.5. The molecule has 0 aliphatic rings. The van der Waals surface area contributed by atoms with Gasteiger partial charge in [-0.25, -0.2) is 24.1 Å². The van der Waals surface area contributed by atoms with Gasteiger partial charge in [-0.3, -0.25) is 4.21 Å². The van der Waals surface area contributed by atoms with Crippen molar-refractivity contribution in [2.75, 3.05) is 25.6 Å². The molecule has 1 unspecified atom stereocenters. The summed E-state index contributed by atoms with van der Waals surface area (Å²) < 4.78 is 47.6. The van der Waals surface area contributed by atoms with Crippen molar-refractivity contribution in [3.63, 3.8) is 0 Å². The van der Waals surface area contributed by atoms with Gasteiger partial charge in [-0.1, -0.05) is 12.1 Å². The maximum Gasteiger partial charge on any atom is 0.356 e. The average Bonchev–Trinajstić information content (AvgIpc) is 3.34. The van der Waals surface area contributed by atoms with Gasteiger partial charge in [0.15, 0.2) is 23.1 Å². The zero-order valence-electron chi connectivity index (χ0n) is 20.0. The largest absolute Gasteiger partial charge is 0.755 e. The van der Waals surface area contributed by atoms with E-state index in [1.807, 2.05) is 0 Å². The van der Waals surface area contributed by atoms with Crippen molar-refractivity contribution in [2.24, 2.45) is 0 Å². The van der Waals surface area contributed by atoms with Crippen LogP contribution in [0, 0.1) is 6.92 Å². The summed E-state index contributed by atoms with van der Waals surface area (Å²) >= 11 is -1.73. The van der Waals surface area contributed by atoms with Crippen LogP contribution in [0.15, 0.2) is 48.8 Å². The first kappa shape index (κ1) is 25.9. The Bertz CT molecular complexity index is 1460. The number of benzene rings is 1. The topological polar surface area (TPSA) is 149 Å². The Morgan fingerprint density at radius 1 is 1.05 bits per heavy atom. The first-order chi connectivity index (χ1) is 17.9. The molecule has 14 heteroatoms. The van der Waals surface area contributed by atoms with E-state index < -0.39 is 17.2 Å². The van der Waals surface area contributed by atoms with Crippen molar-refractivity contribution in [2.45, 2.75) is 6.92 Å². The molecule has 3 heterocycles. The van der Waals surface area contributed by atoms with Gasteiger partial charge in [0.1, 0.15) is 5.69 Å². The Labute approximate surface area is 218 Å². The Hall–Kier alpha value is -4.14. The van der Waals surface area contributed by atoms with Gasteiger partial charge in [0, 0.05) is 22.8 Å². The van der Waals surface area contributed by atoms with Crippen LogP contribution >= 0.6 is 11.3 Å². The van der Waals surface area contributed by atoms with Crippen LogP contribution in [-0.4, -0.2) is 56.0 Å². The molecule has 1 aromatic carbocycles. The maximum atomic E-state index is 12.5. The second-order valence-electron chi connectivity index (χ2n) is 7.15. The number of aromatic nitrogens is 4. The van der Waals surface area contributed by atoms with Gasteiger partial charge in [0.05, 0.1) is 32.6 Å².